The summed E-state index contributed by atoms with van der Waals surface area (Å²) in [5.41, 5.74) is 7.81. The molecule has 0 fully saturated rings. The fraction of sp³-hybridized carbons (Fsp3) is 0.250. The highest BCUT2D eigenvalue weighted by molar-refractivity contribution is 7.98. The molecule has 21 heavy (non-hydrogen) atoms. The van der Waals surface area contributed by atoms with Crippen molar-refractivity contribution >= 4 is 11.8 Å². The van der Waals surface area contributed by atoms with Crippen molar-refractivity contribution in [3.63, 3.8) is 0 Å². The quantitative estimate of drug-likeness (QED) is 0.824. The van der Waals surface area contributed by atoms with Crippen LogP contribution in [0, 0.1) is 6.92 Å². The zero-order chi connectivity index (χ0) is 15.5. The summed E-state index contributed by atoms with van der Waals surface area (Å²) < 4.78 is 38.1. The third-order valence-corrected chi connectivity index (χ3v) is 4.42. The lowest BCUT2D eigenvalue weighted by Crippen LogP contribution is -2.07. The molecule has 0 radical (unpaired) electrons. The molecule has 0 spiro atoms. The third kappa shape index (κ3) is 4.02. The molecule has 0 bridgehead atoms. The smallest absolute Gasteiger partial charge is 0.326 e. The molecule has 0 aliphatic heterocycles. The zero-order valence-corrected chi connectivity index (χ0v) is 12.4. The highest BCUT2D eigenvalue weighted by atomic mass is 32.2. The van der Waals surface area contributed by atoms with E-state index in [0.717, 1.165) is 17.0 Å². The van der Waals surface area contributed by atoms with E-state index < -0.39 is 11.7 Å². The standard InChI is InChI=1S/C16H16F3NS/c1-11-4-2-3-5-12(11)10-21-15-7-6-14(16(17,18)19)8-13(15)9-20/h2-8H,9-10,20H2,1H3. The van der Waals surface area contributed by atoms with Crippen LogP contribution < -0.4 is 5.73 Å². The van der Waals surface area contributed by atoms with E-state index in [2.05, 4.69) is 0 Å². The van der Waals surface area contributed by atoms with Crippen molar-refractivity contribution in [1.82, 2.24) is 0 Å². The molecule has 0 amide bonds. The van der Waals surface area contributed by atoms with Crippen LogP contribution in [0.5, 0.6) is 0 Å². The van der Waals surface area contributed by atoms with E-state index in [4.69, 9.17) is 5.73 Å². The van der Waals surface area contributed by atoms with Crippen molar-refractivity contribution in [2.75, 3.05) is 0 Å². The van der Waals surface area contributed by atoms with Gasteiger partial charge < -0.3 is 5.73 Å². The van der Waals surface area contributed by atoms with Crippen LogP contribution in [0.25, 0.3) is 0 Å². The van der Waals surface area contributed by atoms with Crippen molar-refractivity contribution in [2.24, 2.45) is 5.73 Å². The first-order valence-corrected chi connectivity index (χ1v) is 7.48. The number of halogens is 3. The van der Waals surface area contributed by atoms with Crippen molar-refractivity contribution in [3.8, 4) is 0 Å². The van der Waals surface area contributed by atoms with E-state index in [-0.39, 0.29) is 6.54 Å². The third-order valence-electron chi connectivity index (χ3n) is 3.25. The number of thioether (sulfide) groups is 1. The van der Waals surface area contributed by atoms with E-state index in [1.807, 2.05) is 31.2 Å². The molecule has 2 rings (SSSR count). The average molecular weight is 311 g/mol. The van der Waals surface area contributed by atoms with E-state index in [9.17, 15) is 13.2 Å². The van der Waals surface area contributed by atoms with E-state index >= 15 is 0 Å². The average Bonchev–Trinajstić information content (AvgIpc) is 2.45. The predicted octanol–water partition coefficient (Wildman–Crippen LogP) is 4.76. The summed E-state index contributed by atoms with van der Waals surface area (Å²) >= 11 is 1.51. The number of rotatable bonds is 4. The highest BCUT2D eigenvalue weighted by Gasteiger charge is 2.30. The minimum Gasteiger partial charge on any atom is -0.326 e. The summed E-state index contributed by atoms with van der Waals surface area (Å²) in [6, 6.07) is 11.7. The second-order valence-electron chi connectivity index (χ2n) is 4.74. The van der Waals surface area contributed by atoms with Crippen LogP contribution in [0.2, 0.25) is 0 Å². The van der Waals surface area contributed by atoms with Crippen LogP contribution in [0.15, 0.2) is 47.4 Å². The van der Waals surface area contributed by atoms with Gasteiger partial charge in [0.1, 0.15) is 0 Å². The van der Waals surface area contributed by atoms with Crippen LogP contribution in [0.3, 0.4) is 0 Å². The normalized spacial score (nSPS) is 11.7. The number of aryl methyl sites for hydroxylation is 1. The molecule has 0 heterocycles. The lowest BCUT2D eigenvalue weighted by Gasteiger charge is -2.13. The molecular weight excluding hydrogens is 295 g/mol. The molecule has 2 aromatic rings. The maximum atomic E-state index is 12.7. The zero-order valence-electron chi connectivity index (χ0n) is 11.6. The monoisotopic (exact) mass is 311 g/mol. The van der Waals surface area contributed by atoms with Gasteiger partial charge in [-0.25, -0.2) is 0 Å². The van der Waals surface area contributed by atoms with Gasteiger partial charge in [-0.1, -0.05) is 24.3 Å². The molecule has 0 atom stereocenters. The minimum absolute atomic E-state index is 0.0972. The fourth-order valence-electron chi connectivity index (χ4n) is 1.98. The number of nitrogens with two attached hydrogens (primary N) is 1. The molecule has 2 aromatic carbocycles. The Hall–Kier alpha value is -1.46. The Kier molecular flexibility index (Phi) is 4.96. The van der Waals surface area contributed by atoms with Gasteiger partial charge >= 0.3 is 6.18 Å². The molecule has 0 aliphatic rings. The SMILES string of the molecule is Cc1ccccc1CSc1ccc(C(F)(F)F)cc1CN. The minimum atomic E-state index is -4.33. The van der Waals surface area contributed by atoms with E-state index in [1.54, 1.807) is 0 Å². The summed E-state index contributed by atoms with van der Waals surface area (Å²) in [5, 5.41) is 0. The number of hydrogen-bond donors (Lipinski definition) is 1. The van der Waals surface area contributed by atoms with Gasteiger partial charge in [0.05, 0.1) is 5.56 Å². The van der Waals surface area contributed by atoms with Gasteiger partial charge in [-0.3, -0.25) is 0 Å². The maximum absolute atomic E-state index is 12.7. The van der Waals surface area contributed by atoms with Crippen LogP contribution in [0.4, 0.5) is 13.2 Å². The summed E-state index contributed by atoms with van der Waals surface area (Å²) in [5.74, 6) is 0.713. The second-order valence-corrected chi connectivity index (χ2v) is 5.76. The van der Waals surface area contributed by atoms with E-state index in [1.165, 1.54) is 29.0 Å². The molecule has 112 valence electrons. The molecule has 0 aromatic heterocycles. The van der Waals surface area contributed by atoms with E-state index in [0.29, 0.717) is 11.3 Å². The van der Waals surface area contributed by atoms with Gasteiger partial charge in [0.15, 0.2) is 0 Å². The maximum Gasteiger partial charge on any atom is 0.416 e. The molecule has 0 aliphatic carbocycles. The highest BCUT2D eigenvalue weighted by Crippen LogP contribution is 2.34. The van der Waals surface area contributed by atoms with Crippen LogP contribution >= 0.6 is 11.8 Å². The van der Waals surface area contributed by atoms with Gasteiger partial charge in [-0.05, 0) is 41.8 Å². The largest absolute Gasteiger partial charge is 0.416 e. The van der Waals surface area contributed by atoms with Crippen molar-refractivity contribution < 1.29 is 13.2 Å². The van der Waals surface area contributed by atoms with Crippen molar-refractivity contribution in [1.29, 1.82) is 0 Å². The first kappa shape index (κ1) is 15.9. The molecule has 5 heteroatoms. The Labute approximate surface area is 126 Å². The topological polar surface area (TPSA) is 26.0 Å². The van der Waals surface area contributed by atoms with Crippen molar-refractivity contribution in [2.45, 2.75) is 30.3 Å². The molecule has 1 nitrogen and oxygen atoms in total. The molecule has 0 unspecified atom stereocenters. The fourth-order valence-corrected chi connectivity index (χ4v) is 3.11. The van der Waals surface area contributed by atoms with Gasteiger partial charge in [0, 0.05) is 17.2 Å². The first-order valence-electron chi connectivity index (χ1n) is 6.49. The number of benzene rings is 2. The van der Waals surface area contributed by atoms with Crippen molar-refractivity contribution in [3.05, 3.63) is 64.7 Å². The summed E-state index contributed by atoms with van der Waals surface area (Å²) in [6.45, 7) is 2.12. The number of alkyl halides is 3. The summed E-state index contributed by atoms with van der Waals surface area (Å²) in [7, 11) is 0. The molecule has 0 saturated carbocycles. The molecule has 2 N–H and O–H groups in total. The van der Waals surface area contributed by atoms with Crippen LogP contribution in [-0.2, 0) is 18.5 Å². The molecular formula is C16H16F3NS. The lowest BCUT2D eigenvalue weighted by atomic mass is 10.1. The molecule has 0 saturated heterocycles. The summed E-state index contributed by atoms with van der Waals surface area (Å²) in [6.07, 6.45) is -4.33. The Morgan fingerprint density at radius 2 is 1.76 bits per heavy atom. The Morgan fingerprint density at radius 1 is 1.05 bits per heavy atom. The first-order chi connectivity index (χ1) is 9.91. The lowest BCUT2D eigenvalue weighted by molar-refractivity contribution is -0.137. The Balaban J connectivity index is 2.19. The van der Waals surface area contributed by atoms with Crippen LogP contribution in [0.1, 0.15) is 22.3 Å². The Bertz CT molecular complexity index is 623. The van der Waals surface area contributed by atoms with Gasteiger partial charge in [-0.2, -0.15) is 13.2 Å². The van der Waals surface area contributed by atoms with Gasteiger partial charge in [0.25, 0.3) is 0 Å². The predicted molar refractivity (Wildman–Crippen MR) is 80.1 cm³/mol. The van der Waals surface area contributed by atoms with Crippen LogP contribution in [-0.4, -0.2) is 0 Å². The Morgan fingerprint density at radius 3 is 2.38 bits per heavy atom. The van der Waals surface area contributed by atoms with Gasteiger partial charge in [0.2, 0.25) is 0 Å². The van der Waals surface area contributed by atoms with Gasteiger partial charge in [-0.15, -0.1) is 11.8 Å². The number of hydrogen-bond acceptors (Lipinski definition) is 2. The summed E-state index contributed by atoms with van der Waals surface area (Å²) in [4.78, 5) is 0.800. The second kappa shape index (κ2) is 6.54.